The van der Waals surface area contributed by atoms with Gasteiger partial charge in [0.25, 0.3) is 11.6 Å². The quantitative estimate of drug-likeness (QED) is 0.569. The van der Waals surface area contributed by atoms with E-state index in [1.807, 2.05) is 20.1 Å². The van der Waals surface area contributed by atoms with Crippen molar-refractivity contribution in [2.24, 2.45) is 0 Å². The Morgan fingerprint density at radius 3 is 2.76 bits per heavy atom. The molecule has 0 heterocycles. The number of benzene rings is 1. The third-order valence-corrected chi connectivity index (χ3v) is 3.94. The number of carbonyl (C=O) groups is 1. The maximum Gasteiger partial charge on any atom is 0.292 e. The summed E-state index contributed by atoms with van der Waals surface area (Å²) < 4.78 is 0. The molecule has 0 spiro atoms. The van der Waals surface area contributed by atoms with Crippen molar-refractivity contribution >= 4 is 29.0 Å². The van der Waals surface area contributed by atoms with Crippen molar-refractivity contribution in [2.75, 3.05) is 24.7 Å². The van der Waals surface area contributed by atoms with E-state index >= 15 is 0 Å². The molecule has 21 heavy (non-hydrogen) atoms. The third kappa shape index (κ3) is 5.26. The predicted octanol–water partition coefficient (Wildman–Crippen LogP) is 2.90. The minimum absolute atomic E-state index is 0.0162. The summed E-state index contributed by atoms with van der Waals surface area (Å²) in [6.45, 7) is 5.18. The van der Waals surface area contributed by atoms with Gasteiger partial charge in [0.05, 0.1) is 4.92 Å². The van der Waals surface area contributed by atoms with Crippen LogP contribution in [-0.2, 0) is 0 Å². The summed E-state index contributed by atoms with van der Waals surface area (Å²) in [6, 6.07) is 4.38. The molecule has 1 rings (SSSR count). The van der Waals surface area contributed by atoms with Gasteiger partial charge in [0, 0.05) is 30.0 Å². The van der Waals surface area contributed by atoms with Crippen LogP contribution in [0.2, 0.25) is 0 Å². The van der Waals surface area contributed by atoms with E-state index in [-0.39, 0.29) is 11.6 Å². The van der Waals surface area contributed by atoms with Crippen molar-refractivity contribution in [1.82, 2.24) is 5.32 Å². The minimum Gasteiger partial charge on any atom is -0.379 e. The van der Waals surface area contributed by atoms with Crippen molar-refractivity contribution in [2.45, 2.75) is 25.5 Å². The number of carbonyl (C=O) groups excluding carboxylic acids is 1. The highest BCUT2D eigenvalue weighted by atomic mass is 32.2. The summed E-state index contributed by atoms with van der Waals surface area (Å²) >= 11 is 1.67. The molecule has 1 atom stereocenters. The molecule has 6 nitrogen and oxygen atoms in total. The standard InChI is InChI=1S/C14H21N3O3S/c1-4-7-15-12-8-11(5-6-13(12)17(19)20)14(18)16-9-10(2)21-3/h5-6,8,10,15H,4,7,9H2,1-3H3,(H,16,18). The molecular weight excluding hydrogens is 290 g/mol. The Balaban J connectivity index is 2.88. The Labute approximate surface area is 128 Å². The van der Waals surface area contributed by atoms with E-state index in [1.54, 1.807) is 11.8 Å². The summed E-state index contributed by atoms with van der Waals surface area (Å²) in [4.78, 5) is 22.6. The van der Waals surface area contributed by atoms with Crippen LogP contribution >= 0.6 is 11.8 Å². The van der Waals surface area contributed by atoms with E-state index in [0.29, 0.717) is 29.6 Å². The van der Waals surface area contributed by atoms with Crippen molar-refractivity contribution in [3.63, 3.8) is 0 Å². The first kappa shape index (κ1) is 17.3. The molecule has 0 fully saturated rings. The number of thioether (sulfide) groups is 1. The lowest BCUT2D eigenvalue weighted by Gasteiger charge is -2.11. The van der Waals surface area contributed by atoms with Crippen LogP contribution in [-0.4, -0.2) is 35.4 Å². The topological polar surface area (TPSA) is 84.3 Å². The molecular formula is C14H21N3O3S. The maximum atomic E-state index is 12.1. The number of amides is 1. The maximum absolute atomic E-state index is 12.1. The first-order valence-electron chi connectivity index (χ1n) is 6.82. The number of hydrogen-bond acceptors (Lipinski definition) is 5. The summed E-state index contributed by atoms with van der Waals surface area (Å²) in [5.41, 5.74) is 0.789. The summed E-state index contributed by atoms with van der Waals surface area (Å²) in [5, 5.41) is 17.1. The highest BCUT2D eigenvalue weighted by molar-refractivity contribution is 7.99. The van der Waals surface area contributed by atoms with E-state index in [9.17, 15) is 14.9 Å². The van der Waals surface area contributed by atoms with Crippen LogP contribution in [0.3, 0.4) is 0 Å². The van der Waals surface area contributed by atoms with Crippen molar-refractivity contribution < 1.29 is 9.72 Å². The van der Waals surface area contributed by atoms with Gasteiger partial charge in [0.1, 0.15) is 5.69 Å². The monoisotopic (exact) mass is 311 g/mol. The Bertz CT molecular complexity index is 508. The fraction of sp³-hybridized carbons (Fsp3) is 0.500. The first-order chi connectivity index (χ1) is 9.99. The Morgan fingerprint density at radius 1 is 1.48 bits per heavy atom. The molecule has 1 unspecified atom stereocenters. The second-order valence-electron chi connectivity index (χ2n) is 4.67. The zero-order valence-electron chi connectivity index (χ0n) is 12.5. The second kappa shape index (κ2) is 8.51. The van der Waals surface area contributed by atoms with E-state index in [4.69, 9.17) is 0 Å². The van der Waals surface area contributed by atoms with Crippen LogP contribution < -0.4 is 10.6 Å². The Kier molecular flexibility index (Phi) is 7.01. The van der Waals surface area contributed by atoms with Gasteiger partial charge in [-0.15, -0.1) is 0 Å². The van der Waals surface area contributed by atoms with Gasteiger partial charge in [-0.3, -0.25) is 14.9 Å². The highest BCUT2D eigenvalue weighted by Gasteiger charge is 2.16. The van der Waals surface area contributed by atoms with Crippen LogP contribution in [0.1, 0.15) is 30.6 Å². The molecule has 0 saturated carbocycles. The largest absolute Gasteiger partial charge is 0.379 e. The molecule has 0 aromatic heterocycles. The lowest BCUT2D eigenvalue weighted by Crippen LogP contribution is -2.29. The van der Waals surface area contributed by atoms with Gasteiger partial charge in [-0.1, -0.05) is 13.8 Å². The van der Waals surface area contributed by atoms with Crippen molar-refractivity contribution in [3.05, 3.63) is 33.9 Å². The molecule has 0 saturated heterocycles. The normalized spacial score (nSPS) is 11.8. The van der Waals surface area contributed by atoms with Gasteiger partial charge in [0.2, 0.25) is 0 Å². The van der Waals surface area contributed by atoms with Gasteiger partial charge in [-0.25, -0.2) is 0 Å². The first-order valence-corrected chi connectivity index (χ1v) is 8.11. The average Bonchev–Trinajstić information content (AvgIpc) is 2.49. The van der Waals surface area contributed by atoms with Crippen molar-refractivity contribution in [1.29, 1.82) is 0 Å². The van der Waals surface area contributed by atoms with Gasteiger partial charge >= 0.3 is 0 Å². The SMILES string of the molecule is CCCNc1cc(C(=O)NCC(C)SC)ccc1[N+](=O)[O-]. The number of nitro groups is 1. The Hall–Kier alpha value is -1.76. The van der Waals surface area contributed by atoms with Gasteiger partial charge in [0.15, 0.2) is 0 Å². The van der Waals surface area contributed by atoms with Crippen LogP contribution in [0.25, 0.3) is 0 Å². The number of anilines is 1. The fourth-order valence-electron chi connectivity index (χ4n) is 1.66. The molecule has 1 aromatic rings. The molecule has 0 radical (unpaired) electrons. The zero-order chi connectivity index (χ0) is 15.8. The predicted molar refractivity (Wildman–Crippen MR) is 87.2 cm³/mol. The van der Waals surface area contributed by atoms with E-state index in [0.717, 1.165) is 6.42 Å². The van der Waals surface area contributed by atoms with E-state index < -0.39 is 4.92 Å². The zero-order valence-corrected chi connectivity index (χ0v) is 13.3. The molecule has 1 amide bonds. The summed E-state index contributed by atoms with van der Waals surface area (Å²) in [5.74, 6) is -0.217. The second-order valence-corrected chi connectivity index (χ2v) is 5.95. The van der Waals surface area contributed by atoms with Gasteiger partial charge in [-0.2, -0.15) is 11.8 Å². The lowest BCUT2D eigenvalue weighted by molar-refractivity contribution is -0.384. The van der Waals surface area contributed by atoms with Crippen LogP contribution in [0, 0.1) is 10.1 Å². The molecule has 2 N–H and O–H groups in total. The van der Waals surface area contributed by atoms with Gasteiger partial charge < -0.3 is 10.6 Å². The molecule has 7 heteroatoms. The fourth-order valence-corrected chi connectivity index (χ4v) is 1.91. The van der Waals surface area contributed by atoms with E-state index in [2.05, 4.69) is 10.6 Å². The van der Waals surface area contributed by atoms with Crippen LogP contribution in [0.15, 0.2) is 18.2 Å². The number of nitro benzene ring substituents is 1. The molecule has 0 aliphatic heterocycles. The molecule has 116 valence electrons. The smallest absolute Gasteiger partial charge is 0.292 e. The summed E-state index contributed by atoms with van der Waals surface area (Å²) in [6.07, 6.45) is 2.83. The third-order valence-electron chi connectivity index (χ3n) is 2.97. The van der Waals surface area contributed by atoms with Crippen LogP contribution in [0.5, 0.6) is 0 Å². The number of nitrogens with one attached hydrogen (secondary N) is 2. The number of rotatable bonds is 8. The molecule has 0 aliphatic carbocycles. The highest BCUT2D eigenvalue weighted by Crippen LogP contribution is 2.25. The molecule has 0 aliphatic rings. The van der Waals surface area contributed by atoms with E-state index in [1.165, 1.54) is 18.2 Å². The lowest BCUT2D eigenvalue weighted by atomic mass is 10.1. The van der Waals surface area contributed by atoms with Crippen LogP contribution in [0.4, 0.5) is 11.4 Å². The number of nitrogens with zero attached hydrogens (tertiary/aromatic N) is 1. The minimum atomic E-state index is -0.449. The number of hydrogen-bond donors (Lipinski definition) is 2. The van der Waals surface area contributed by atoms with Gasteiger partial charge in [-0.05, 0) is 24.8 Å². The summed E-state index contributed by atoms with van der Waals surface area (Å²) in [7, 11) is 0. The molecule has 0 bridgehead atoms. The Morgan fingerprint density at radius 2 is 2.19 bits per heavy atom. The van der Waals surface area contributed by atoms with Crippen molar-refractivity contribution in [3.8, 4) is 0 Å². The molecule has 1 aromatic carbocycles. The average molecular weight is 311 g/mol.